The lowest BCUT2D eigenvalue weighted by atomic mass is 9.94. The third kappa shape index (κ3) is 2.02. The number of hydrogen-bond acceptors (Lipinski definition) is 3. The normalized spacial score (nSPS) is 18.9. The molecule has 0 saturated carbocycles. The van der Waals surface area contributed by atoms with E-state index in [0.717, 1.165) is 10.8 Å². The molecule has 0 aromatic heterocycles. The van der Waals surface area contributed by atoms with Crippen LogP contribution in [0.25, 0.3) is 10.8 Å². The lowest BCUT2D eigenvalue weighted by Crippen LogP contribution is -2.62. The molecule has 20 heavy (non-hydrogen) atoms. The zero-order valence-electron chi connectivity index (χ0n) is 11.3. The molecule has 2 aromatic carbocycles. The van der Waals surface area contributed by atoms with Crippen molar-refractivity contribution < 1.29 is 13.5 Å². The van der Waals surface area contributed by atoms with Crippen LogP contribution in [0, 0.1) is 0 Å². The molecule has 0 bridgehead atoms. The SMILES string of the molecule is CCC1(O)CN(S(=O)(=O)c2cccc3ccccc23)C1. The molecule has 3 rings (SSSR count). The van der Waals surface area contributed by atoms with Crippen LogP contribution >= 0.6 is 0 Å². The number of hydrogen-bond donors (Lipinski definition) is 1. The fourth-order valence-electron chi connectivity index (χ4n) is 2.56. The molecule has 1 heterocycles. The van der Waals surface area contributed by atoms with Crippen LogP contribution in [0.5, 0.6) is 0 Å². The van der Waals surface area contributed by atoms with E-state index in [-0.39, 0.29) is 13.1 Å². The Labute approximate surface area is 118 Å². The Hall–Kier alpha value is -1.43. The van der Waals surface area contributed by atoms with Gasteiger partial charge < -0.3 is 5.11 Å². The van der Waals surface area contributed by atoms with Gasteiger partial charge in [0.15, 0.2) is 0 Å². The summed E-state index contributed by atoms with van der Waals surface area (Å²) in [6, 6.07) is 12.7. The summed E-state index contributed by atoms with van der Waals surface area (Å²) in [5, 5.41) is 11.6. The van der Waals surface area contributed by atoms with E-state index in [1.165, 1.54) is 4.31 Å². The topological polar surface area (TPSA) is 57.6 Å². The molecule has 1 aliphatic rings. The number of fused-ring (bicyclic) bond motifs is 1. The molecule has 1 aliphatic heterocycles. The van der Waals surface area contributed by atoms with E-state index in [1.807, 2.05) is 37.3 Å². The van der Waals surface area contributed by atoms with E-state index >= 15 is 0 Å². The van der Waals surface area contributed by atoms with Gasteiger partial charge in [0.25, 0.3) is 0 Å². The van der Waals surface area contributed by atoms with Crippen molar-refractivity contribution in [2.45, 2.75) is 23.8 Å². The first kappa shape index (κ1) is 13.5. The van der Waals surface area contributed by atoms with Gasteiger partial charge >= 0.3 is 0 Å². The van der Waals surface area contributed by atoms with Gasteiger partial charge in [-0.1, -0.05) is 43.3 Å². The highest BCUT2D eigenvalue weighted by Crippen LogP contribution is 2.32. The number of benzene rings is 2. The Balaban J connectivity index is 2.03. The monoisotopic (exact) mass is 291 g/mol. The van der Waals surface area contributed by atoms with Crippen LogP contribution in [0.2, 0.25) is 0 Å². The minimum Gasteiger partial charge on any atom is -0.387 e. The van der Waals surface area contributed by atoms with Crippen LogP contribution in [0.4, 0.5) is 0 Å². The Bertz CT molecular complexity index is 743. The van der Waals surface area contributed by atoms with Gasteiger partial charge in [0, 0.05) is 18.5 Å². The van der Waals surface area contributed by atoms with Gasteiger partial charge in [0.2, 0.25) is 10.0 Å². The fraction of sp³-hybridized carbons (Fsp3) is 0.333. The molecule has 0 aliphatic carbocycles. The average molecular weight is 291 g/mol. The summed E-state index contributed by atoms with van der Waals surface area (Å²) in [6.07, 6.45) is 0.564. The third-order valence-electron chi connectivity index (χ3n) is 3.97. The van der Waals surface area contributed by atoms with E-state index < -0.39 is 15.6 Å². The summed E-state index contributed by atoms with van der Waals surface area (Å²) in [7, 11) is -3.54. The fourth-order valence-corrected chi connectivity index (χ4v) is 4.38. The van der Waals surface area contributed by atoms with Crippen molar-refractivity contribution in [1.82, 2.24) is 4.31 Å². The third-order valence-corrected chi connectivity index (χ3v) is 5.82. The minimum absolute atomic E-state index is 0.176. The maximum atomic E-state index is 12.6. The molecule has 1 saturated heterocycles. The molecular weight excluding hydrogens is 274 g/mol. The Kier molecular flexibility index (Phi) is 3.08. The largest absolute Gasteiger partial charge is 0.387 e. The maximum absolute atomic E-state index is 12.6. The Morgan fingerprint density at radius 3 is 2.50 bits per heavy atom. The molecule has 0 amide bonds. The molecule has 0 radical (unpaired) electrons. The van der Waals surface area contributed by atoms with Crippen LogP contribution in [-0.2, 0) is 10.0 Å². The maximum Gasteiger partial charge on any atom is 0.243 e. The van der Waals surface area contributed by atoms with Crippen LogP contribution in [0.3, 0.4) is 0 Å². The summed E-state index contributed by atoms with van der Waals surface area (Å²) in [4.78, 5) is 0.314. The van der Waals surface area contributed by atoms with Crippen molar-refractivity contribution in [3.63, 3.8) is 0 Å². The number of aliphatic hydroxyl groups is 1. The first-order valence-electron chi connectivity index (χ1n) is 6.67. The Morgan fingerprint density at radius 1 is 1.15 bits per heavy atom. The van der Waals surface area contributed by atoms with Crippen molar-refractivity contribution in [1.29, 1.82) is 0 Å². The van der Waals surface area contributed by atoms with Crippen molar-refractivity contribution >= 4 is 20.8 Å². The van der Waals surface area contributed by atoms with Gasteiger partial charge in [-0.2, -0.15) is 4.31 Å². The second-order valence-electron chi connectivity index (χ2n) is 5.33. The highest BCUT2D eigenvalue weighted by Gasteiger charge is 2.46. The summed E-state index contributed by atoms with van der Waals surface area (Å²) < 4.78 is 26.6. The average Bonchev–Trinajstić information content (AvgIpc) is 2.43. The Morgan fingerprint density at radius 2 is 1.80 bits per heavy atom. The highest BCUT2D eigenvalue weighted by atomic mass is 32.2. The predicted octanol–water partition coefficient (Wildman–Crippen LogP) is 1.99. The summed E-state index contributed by atoms with van der Waals surface area (Å²) in [5.41, 5.74) is -0.863. The van der Waals surface area contributed by atoms with E-state index in [2.05, 4.69) is 0 Å². The number of sulfonamides is 1. The second kappa shape index (κ2) is 4.55. The first-order chi connectivity index (χ1) is 9.46. The van der Waals surface area contributed by atoms with Gasteiger partial charge in [-0.3, -0.25) is 0 Å². The summed E-state index contributed by atoms with van der Waals surface area (Å²) in [5.74, 6) is 0. The molecule has 0 atom stereocenters. The van der Waals surface area contributed by atoms with E-state index in [1.54, 1.807) is 12.1 Å². The molecule has 1 fully saturated rings. The predicted molar refractivity (Wildman–Crippen MR) is 77.9 cm³/mol. The van der Waals surface area contributed by atoms with Crippen LogP contribution in [-0.4, -0.2) is 36.5 Å². The molecule has 0 unspecified atom stereocenters. The lowest BCUT2D eigenvalue weighted by Gasteiger charge is -2.44. The zero-order chi connectivity index (χ0) is 14.4. The van der Waals surface area contributed by atoms with Gasteiger partial charge in [-0.15, -0.1) is 0 Å². The van der Waals surface area contributed by atoms with E-state index in [0.29, 0.717) is 11.3 Å². The van der Waals surface area contributed by atoms with Crippen LogP contribution in [0.15, 0.2) is 47.4 Å². The summed E-state index contributed by atoms with van der Waals surface area (Å²) >= 11 is 0. The smallest absolute Gasteiger partial charge is 0.243 e. The van der Waals surface area contributed by atoms with Gasteiger partial charge in [-0.25, -0.2) is 8.42 Å². The number of β-amino-alcohol motifs (C(OH)–C–C–N with tert-alkyl or cyclic N) is 1. The van der Waals surface area contributed by atoms with Gasteiger partial charge in [-0.05, 0) is 17.9 Å². The van der Waals surface area contributed by atoms with Gasteiger partial charge in [0.1, 0.15) is 0 Å². The minimum atomic E-state index is -3.54. The number of rotatable bonds is 3. The molecule has 0 spiro atoms. The van der Waals surface area contributed by atoms with Crippen molar-refractivity contribution in [3.05, 3.63) is 42.5 Å². The van der Waals surface area contributed by atoms with Crippen molar-refractivity contribution in [3.8, 4) is 0 Å². The first-order valence-corrected chi connectivity index (χ1v) is 8.11. The lowest BCUT2D eigenvalue weighted by molar-refractivity contribution is -0.0613. The summed E-state index contributed by atoms with van der Waals surface area (Å²) in [6.45, 7) is 2.21. The molecule has 5 heteroatoms. The van der Waals surface area contributed by atoms with Crippen molar-refractivity contribution in [2.24, 2.45) is 0 Å². The zero-order valence-corrected chi connectivity index (χ0v) is 12.1. The molecule has 1 N–H and O–H groups in total. The van der Waals surface area contributed by atoms with Crippen molar-refractivity contribution in [2.75, 3.05) is 13.1 Å². The molecule has 106 valence electrons. The quantitative estimate of drug-likeness (QED) is 0.941. The van der Waals surface area contributed by atoms with Crippen LogP contribution < -0.4 is 0 Å². The molecule has 4 nitrogen and oxygen atoms in total. The van der Waals surface area contributed by atoms with E-state index in [9.17, 15) is 13.5 Å². The number of nitrogens with zero attached hydrogens (tertiary/aromatic N) is 1. The van der Waals surface area contributed by atoms with E-state index in [4.69, 9.17) is 0 Å². The highest BCUT2D eigenvalue weighted by molar-refractivity contribution is 7.89. The second-order valence-corrected chi connectivity index (χ2v) is 7.23. The molecule has 2 aromatic rings. The van der Waals surface area contributed by atoms with Crippen LogP contribution in [0.1, 0.15) is 13.3 Å². The van der Waals surface area contributed by atoms with Gasteiger partial charge in [0.05, 0.1) is 10.5 Å². The standard InChI is InChI=1S/C15H17NO3S/c1-2-15(17)10-16(11-15)20(18,19)14-9-5-7-12-6-3-4-8-13(12)14/h3-9,17H,2,10-11H2,1H3. The molecular formula is C15H17NO3S.